The molecule has 0 saturated heterocycles. The molecule has 0 N–H and O–H groups in total. The van der Waals surface area contributed by atoms with Crippen molar-refractivity contribution in [2.75, 3.05) is 7.11 Å². The second kappa shape index (κ2) is 12.7. The Bertz CT molecular complexity index is 2100. The Balaban J connectivity index is 1.63. The number of esters is 1. The van der Waals surface area contributed by atoms with Crippen molar-refractivity contribution in [1.82, 2.24) is 0 Å². The van der Waals surface area contributed by atoms with Gasteiger partial charge in [0.2, 0.25) is 0 Å². The van der Waals surface area contributed by atoms with Gasteiger partial charge in [-0.2, -0.15) is 0 Å². The molecule has 4 nitrogen and oxygen atoms in total. The monoisotopic (exact) mass is 712 g/mol. The van der Waals surface area contributed by atoms with Gasteiger partial charge < -0.3 is 9.47 Å². The van der Waals surface area contributed by atoms with Gasteiger partial charge >= 0.3 is 5.97 Å². The standard InChI is InChI=1S/C41H29IO4/c1-45-40(43)35-27-29-16-12-14-24-34(29)38(39(35)42-44)37-33-23-13-11-15-28(33)25-26-36(37)46-41(30-17-5-2-6-18-30,31-19-7-3-8-20-31)32-21-9-4-10-22-32/h2-27H,1H3. The molecule has 5 heteroatoms. The van der Waals surface area contributed by atoms with Gasteiger partial charge in [-0.25, -0.2) is 4.79 Å². The van der Waals surface area contributed by atoms with Crippen LogP contribution in [0, 0.1) is 3.57 Å². The lowest BCUT2D eigenvalue weighted by Gasteiger charge is -2.37. The van der Waals surface area contributed by atoms with Crippen molar-refractivity contribution in [2.45, 2.75) is 5.60 Å². The summed E-state index contributed by atoms with van der Waals surface area (Å²) in [6.07, 6.45) is 0. The molecule has 0 saturated carbocycles. The highest BCUT2D eigenvalue weighted by Gasteiger charge is 2.40. The van der Waals surface area contributed by atoms with Crippen molar-refractivity contribution in [1.29, 1.82) is 0 Å². The summed E-state index contributed by atoms with van der Waals surface area (Å²) in [4.78, 5) is 13.2. The molecule has 0 aliphatic heterocycles. The van der Waals surface area contributed by atoms with Gasteiger partial charge in [0.1, 0.15) is 5.75 Å². The Hall–Kier alpha value is -5.14. The second-order valence-electron chi connectivity index (χ2n) is 10.9. The van der Waals surface area contributed by atoms with Crippen LogP contribution in [0.3, 0.4) is 0 Å². The van der Waals surface area contributed by atoms with E-state index in [2.05, 4.69) is 54.6 Å². The molecule has 0 fully saturated rings. The van der Waals surface area contributed by atoms with Crippen LogP contribution in [0.2, 0.25) is 0 Å². The number of carbonyl (C=O) groups is 1. The van der Waals surface area contributed by atoms with Crippen LogP contribution < -0.4 is 4.74 Å². The van der Waals surface area contributed by atoms with E-state index in [1.54, 1.807) is 6.07 Å². The van der Waals surface area contributed by atoms with E-state index in [4.69, 9.17) is 9.47 Å². The van der Waals surface area contributed by atoms with Crippen LogP contribution in [0.4, 0.5) is 0 Å². The van der Waals surface area contributed by atoms with E-state index in [9.17, 15) is 7.86 Å². The predicted octanol–water partition coefficient (Wildman–Crippen LogP) is 10.3. The number of hydrogen-bond acceptors (Lipinski definition) is 4. The van der Waals surface area contributed by atoms with Gasteiger partial charge in [0.25, 0.3) is 0 Å². The number of methoxy groups -OCH3 is 1. The summed E-state index contributed by atoms with van der Waals surface area (Å²) in [6, 6.07) is 52.5. The van der Waals surface area contributed by atoms with E-state index in [0.717, 1.165) is 49.4 Å². The molecule has 46 heavy (non-hydrogen) atoms. The maximum atomic E-state index is 13.3. The average molecular weight is 713 g/mol. The van der Waals surface area contributed by atoms with E-state index in [0.29, 0.717) is 14.9 Å². The van der Waals surface area contributed by atoms with Gasteiger partial charge in [-0.1, -0.05) is 146 Å². The minimum Gasteiger partial charge on any atom is -0.472 e. The summed E-state index contributed by atoms with van der Waals surface area (Å²) in [5.41, 5.74) is 3.61. The topological polar surface area (TPSA) is 52.6 Å². The molecule has 0 bridgehead atoms. The van der Waals surface area contributed by atoms with Gasteiger partial charge in [0.05, 0.1) is 16.2 Å². The van der Waals surface area contributed by atoms with Gasteiger partial charge in [-0.3, -0.25) is 3.07 Å². The quantitative estimate of drug-likeness (QED) is 0.0895. The minimum atomic E-state index is -1.82. The number of carbonyl (C=O) groups excluding carboxylic acids is 1. The molecular formula is C41H29IO4. The molecule has 0 spiro atoms. The summed E-state index contributed by atoms with van der Waals surface area (Å²) in [5.74, 6) is 0.0774. The first kappa shape index (κ1) is 29.6. The molecular weight excluding hydrogens is 683 g/mol. The van der Waals surface area contributed by atoms with Gasteiger partial charge in [0, 0.05) is 27.8 Å². The lowest BCUT2D eigenvalue weighted by Crippen LogP contribution is -2.36. The Kier molecular flexibility index (Phi) is 8.16. The second-order valence-corrected chi connectivity index (χ2v) is 12.5. The number of ether oxygens (including phenoxy) is 2. The average Bonchev–Trinajstić information content (AvgIpc) is 3.13. The zero-order valence-corrected chi connectivity index (χ0v) is 27.2. The van der Waals surface area contributed by atoms with E-state index in [-0.39, 0.29) is 0 Å². The number of benzene rings is 7. The smallest absolute Gasteiger partial charge is 0.339 e. The van der Waals surface area contributed by atoms with Gasteiger partial charge in [-0.15, -0.1) is 0 Å². The van der Waals surface area contributed by atoms with Crippen LogP contribution in [0.1, 0.15) is 27.0 Å². The van der Waals surface area contributed by atoms with Crippen molar-refractivity contribution in [3.63, 3.8) is 0 Å². The highest BCUT2D eigenvalue weighted by molar-refractivity contribution is 14.1. The van der Waals surface area contributed by atoms with Crippen molar-refractivity contribution < 1.29 is 17.3 Å². The van der Waals surface area contributed by atoms with Crippen LogP contribution >= 0.6 is 21.2 Å². The molecule has 0 unspecified atom stereocenters. The fourth-order valence-electron chi connectivity index (χ4n) is 6.36. The third-order valence-corrected chi connectivity index (χ3v) is 9.97. The van der Waals surface area contributed by atoms with Crippen molar-refractivity contribution in [2.24, 2.45) is 0 Å². The fourth-order valence-corrected chi connectivity index (χ4v) is 7.75. The lowest BCUT2D eigenvalue weighted by molar-refractivity contribution is 0.0599. The largest absolute Gasteiger partial charge is 0.472 e. The molecule has 7 aromatic rings. The Morgan fingerprint density at radius 2 is 1.04 bits per heavy atom. The molecule has 0 heterocycles. The van der Waals surface area contributed by atoms with Crippen LogP contribution in [-0.2, 0) is 13.4 Å². The van der Waals surface area contributed by atoms with Crippen molar-refractivity contribution in [3.05, 3.63) is 184 Å². The van der Waals surface area contributed by atoms with Crippen LogP contribution in [0.5, 0.6) is 5.75 Å². The molecule has 7 aromatic carbocycles. The van der Waals surface area contributed by atoms with Crippen molar-refractivity contribution in [3.8, 4) is 16.9 Å². The maximum absolute atomic E-state index is 13.3. The first-order chi connectivity index (χ1) is 22.7. The van der Waals surface area contributed by atoms with Gasteiger partial charge in [0.15, 0.2) is 26.8 Å². The zero-order valence-electron chi connectivity index (χ0n) is 25.0. The molecule has 224 valence electrons. The lowest BCUT2D eigenvalue weighted by atomic mass is 9.79. The highest BCUT2D eigenvalue weighted by atomic mass is 127. The summed E-state index contributed by atoms with van der Waals surface area (Å²) < 4.78 is 26.5. The molecule has 0 atom stereocenters. The summed E-state index contributed by atoms with van der Waals surface area (Å²) in [6.45, 7) is 0. The Labute approximate surface area is 277 Å². The van der Waals surface area contributed by atoms with E-state index in [1.165, 1.54) is 7.11 Å². The van der Waals surface area contributed by atoms with Crippen LogP contribution in [-0.4, -0.2) is 13.1 Å². The number of rotatable bonds is 8. The first-order valence-corrected chi connectivity index (χ1v) is 16.9. The molecule has 0 aliphatic rings. The highest BCUT2D eigenvalue weighted by Crippen LogP contribution is 2.49. The fraction of sp³-hybridized carbons (Fsp3) is 0.0488. The summed E-state index contributed by atoms with van der Waals surface area (Å²) in [5, 5.41) is 3.65. The summed E-state index contributed by atoms with van der Waals surface area (Å²) in [7, 11) is 1.35. The Morgan fingerprint density at radius 1 is 0.565 bits per heavy atom. The predicted molar refractivity (Wildman–Crippen MR) is 191 cm³/mol. The maximum Gasteiger partial charge on any atom is 0.339 e. The van der Waals surface area contributed by atoms with Crippen LogP contribution in [0.25, 0.3) is 32.7 Å². The summed E-state index contributed by atoms with van der Waals surface area (Å²) >= 11 is -1.82. The molecule has 7 rings (SSSR count). The molecule has 0 radical (unpaired) electrons. The van der Waals surface area contributed by atoms with E-state index in [1.807, 2.05) is 97.1 Å². The number of halogens is 1. The normalized spacial score (nSPS) is 11.4. The SMILES string of the molecule is COC(=O)c1cc2ccccc2c(-c2c(OC(c3ccccc3)(c3ccccc3)c3ccccc3)ccc3ccccc23)c1I=O. The molecule has 0 amide bonds. The van der Waals surface area contributed by atoms with Gasteiger partial charge in [-0.05, 0) is 33.7 Å². The van der Waals surface area contributed by atoms with E-state index >= 15 is 0 Å². The zero-order chi connectivity index (χ0) is 31.5. The Morgan fingerprint density at radius 3 is 1.57 bits per heavy atom. The third-order valence-electron chi connectivity index (χ3n) is 8.41. The minimum absolute atomic E-state index is 0.304. The van der Waals surface area contributed by atoms with Crippen LogP contribution in [0.15, 0.2) is 158 Å². The number of fused-ring (bicyclic) bond motifs is 2. The number of hydrogen-bond donors (Lipinski definition) is 0. The molecule has 0 aromatic heterocycles. The first-order valence-electron chi connectivity index (χ1n) is 14.9. The molecule has 0 aliphatic carbocycles. The van der Waals surface area contributed by atoms with E-state index < -0.39 is 32.8 Å². The van der Waals surface area contributed by atoms with Crippen molar-refractivity contribution >= 4 is 48.7 Å². The third kappa shape index (κ3) is 5.07.